The normalized spacial score (nSPS) is 17.1. The van der Waals surface area contributed by atoms with Crippen LogP contribution < -0.4 is 16.0 Å². The van der Waals surface area contributed by atoms with Crippen molar-refractivity contribution >= 4 is 35.8 Å². The van der Waals surface area contributed by atoms with Crippen LogP contribution in [0.5, 0.6) is 0 Å². The summed E-state index contributed by atoms with van der Waals surface area (Å²) in [6, 6.07) is 0. The summed E-state index contributed by atoms with van der Waals surface area (Å²) < 4.78 is 0. The van der Waals surface area contributed by atoms with E-state index in [0.717, 1.165) is 31.4 Å². The lowest BCUT2D eigenvalue weighted by atomic mass is 9.94. The minimum absolute atomic E-state index is 0. The molecule has 1 aliphatic rings. The molecule has 1 amide bonds. The summed E-state index contributed by atoms with van der Waals surface area (Å²) in [5, 5.41) is 9.46. The van der Waals surface area contributed by atoms with Gasteiger partial charge in [0, 0.05) is 18.6 Å². The van der Waals surface area contributed by atoms with Crippen LogP contribution in [0.15, 0.2) is 4.99 Å². The number of halogens is 1. The molecule has 0 aliphatic carbocycles. The smallest absolute Gasteiger partial charge is 0.242 e. The fraction of sp³-hybridized carbons (Fsp3) is 0.882. The maximum Gasteiger partial charge on any atom is 0.242 e. The number of hydrogen-bond donors (Lipinski definition) is 3. The average Bonchev–Trinajstić information content (AvgIpc) is 2.45. The van der Waals surface area contributed by atoms with Gasteiger partial charge in [0.2, 0.25) is 5.91 Å². The van der Waals surface area contributed by atoms with Crippen molar-refractivity contribution in [2.75, 3.05) is 39.8 Å². The van der Waals surface area contributed by atoms with Crippen molar-refractivity contribution in [3.05, 3.63) is 0 Å². The van der Waals surface area contributed by atoms with Crippen LogP contribution in [0.1, 0.15) is 47.0 Å². The number of likely N-dealkylation sites (tertiary alicyclic amines) is 1. The second kappa shape index (κ2) is 11.9. The number of hydrogen-bond acceptors (Lipinski definition) is 3. The summed E-state index contributed by atoms with van der Waals surface area (Å²) in [5.74, 6) is 1.47. The van der Waals surface area contributed by atoms with Crippen LogP contribution in [0.25, 0.3) is 0 Å². The molecule has 0 saturated carbocycles. The fourth-order valence-electron chi connectivity index (χ4n) is 2.70. The van der Waals surface area contributed by atoms with E-state index in [1.54, 1.807) is 0 Å². The van der Waals surface area contributed by atoms with E-state index in [4.69, 9.17) is 0 Å². The van der Waals surface area contributed by atoms with Crippen LogP contribution in [0.2, 0.25) is 0 Å². The third-order valence-electron chi connectivity index (χ3n) is 3.92. The van der Waals surface area contributed by atoms with E-state index < -0.39 is 0 Å². The predicted octanol–water partition coefficient (Wildman–Crippen LogP) is 1.81. The highest BCUT2D eigenvalue weighted by Gasteiger charge is 2.16. The van der Waals surface area contributed by atoms with Crippen LogP contribution >= 0.6 is 24.0 Å². The third-order valence-corrected chi connectivity index (χ3v) is 3.92. The molecule has 0 aromatic heterocycles. The number of guanidine groups is 1. The van der Waals surface area contributed by atoms with Gasteiger partial charge in [-0.1, -0.05) is 0 Å². The van der Waals surface area contributed by atoms with E-state index >= 15 is 0 Å². The summed E-state index contributed by atoms with van der Waals surface area (Å²) in [6.07, 6.45) is 3.71. The minimum atomic E-state index is -0.216. The molecule has 1 fully saturated rings. The van der Waals surface area contributed by atoms with Crippen LogP contribution in [0.3, 0.4) is 0 Å². The van der Waals surface area contributed by atoms with Gasteiger partial charge in [0.15, 0.2) is 5.96 Å². The first kappa shape index (κ1) is 23.4. The first-order valence-corrected chi connectivity index (χ1v) is 8.82. The van der Waals surface area contributed by atoms with Gasteiger partial charge in [-0.2, -0.15) is 0 Å². The van der Waals surface area contributed by atoms with Crippen LogP contribution in [-0.4, -0.2) is 62.1 Å². The van der Waals surface area contributed by atoms with Crippen molar-refractivity contribution in [3.8, 4) is 0 Å². The summed E-state index contributed by atoms with van der Waals surface area (Å²) in [6.45, 7) is 12.2. The van der Waals surface area contributed by atoms with Gasteiger partial charge in [0.05, 0.1) is 0 Å². The lowest BCUT2D eigenvalue weighted by molar-refractivity contribution is -0.121. The molecule has 1 aliphatic heterocycles. The Hall–Kier alpha value is -0.570. The zero-order valence-corrected chi connectivity index (χ0v) is 18.3. The molecule has 24 heavy (non-hydrogen) atoms. The molecule has 1 rings (SSSR count). The van der Waals surface area contributed by atoms with Crippen molar-refractivity contribution in [1.82, 2.24) is 20.9 Å². The Morgan fingerprint density at radius 1 is 1.21 bits per heavy atom. The van der Waals surface area contributed by atoms with E-state index in [9.17, 15) is 4.79 Å². The molecule has 0 aromatic rings. The Morgan fingerprint density at radius 2 is 1.83 bits per heavy atom. The monoisotopic (exact) mass is 453 g/mol. The number of carbonyl (C=O) groups is 1. The first-order valence-electron chi connectivity index (χ1n) is 8.82. The van der Waals surface area contributed by atoms with Gasteiger partial charge in [-0.15, -0.1) is 24.0 Å². The van der Waals surface area contributed by atoms with Crippen molar-refractivity contribution < 1.29 is 4.79 Å². The number of aliphatic imine (C=N–C) groups is 1. The molecule has 6 nitrogen and oxygen atoms in total. The maximum atomic E-state index is 11.8. The Kier molecular flexibility index (Phi) is 11.6. The molecule has 0 spiro atoms. The van der Waals surface area contributed by atoms with Gasteiger partial charge in [-0.05, 0) is 73.0 Å². The van der Waals surface area contributed by atoms with E-state index in [2.05, 4.69) is 32.9 Å². The van der Waals surface area contributed by atoms with Crippen LogP contribution in [-0.2, 0) is 4.79 Å². The Labute approximate surface area is 164 Å². The molecular formula is C17H36IN5O. The van der Waals surface area contributed by atoms with E-state index in [0.29, 0.717) is 0 Å². The molecule has 1 heterocycles. The molecule has 0 unspecified atom stereocenters. The fourth-order valence-corrected chi connectivity index (χ4v) is 2.70. The zero-order valence-electron chi connectivity index (χ0n) is 15.9. The van der Waals surface area contributed by atoms with Gasteiger partial charge >= 0.3 is 0 Å². The quantitative estimate of drug-likeness (QED) is 0.326. The summed E-state index contributed by atoms with van der Waals surface area (Å²) in [7, 11) is 2.19. The highest BCUT2D eigenvalue weighted by molar-refractivity contribution is 14.0. The van der Waals surface area contributed by atoms with E-state index in [-0.39, 0.29) is 42.0 Å². The largest absolute Gasteiger partial charge is 0.357 e. The number of carbonyl (C=O) groups excluding carboxylic acids is 1. The lowest BCUT2D eigenvalue weighted by Gasteiger charge is -2.29. The van der Waals surface area contributed by atoms with Crippen molar-refractivity contribution in [2.45, 2.75) is 52.5 Å². The summed E-state index contributed by atoms with van der Waals surface area (Å²) >= 11 is 0. The maximum absolute atomic E-state index is 11.8. The number of rotatable bonds is 6. The summed E-state index contributed by atoms with van der Waals surface area (Å²) in [4.78, 5) is 18.6. The van der Waals surface area contributed by atoms with Gasteiger partial charge < -0.3 is 20.9 Å². The third kappa shape index (κ3) is 11.1. The van der Waals surface area contributed by atoms with Crippen molar-refractivity contribution in [2.24, 2.45) is 10.9 Å². The molecule has 7 heteroatoms. The van der Waals surface area contributed by atoms with Crippen LogP contribution in [0, 0.1) is 5.92 Å². The second-order valence-corrected chi connectivity index (χ2v) is 7.46. The number of nitrogens with one attached hydrogen (secondary N) is 3. The standard InChI is InChI=1S/C17H35N5O.HI/c1-6-18-16(20-13-15(23)21-17(2,3)4)19-10-7-14-8-11-22(5)12-9-14;/h14H,6-13H2,1-5H3,(H,21,23)(H2,18,19,20);1H. The lowest BCUT2D eigenvalue weighted by Crippen LogP contribution is -2.43. The van der Waals surface area contributed by atoms with Crippen LogP contribution in [0.4, 0.5) is 0 Å². The van der Waals surface area contributed by atoms with E-state index in [1.165, 1.54) is 25.9 Å². The number of nitrogens with zero attached hydrogens (tertiary/aromatic N) is 2. The molecular weight excluding hydrogens is 417 g/mol. The highest BCUT2D eigenvalue weighted by Crippen LogP contribution is 2.18. The zero-order chi connectivity index (χ0) is 17.3. The van der Waals surface area contributed by atoms with E-state index in [1.807, 2.05) is 27.7 Å². The van der Waals surface area contributed by atoms with Crippen molar-refractivity contribution in [1.29, 1.82) is 0 Å². The van der Waals surface area contributed by atoms with Crippen molar-refractivity contribution in [3.63, 3.8) is 0 Å². The molecule has 1 saturated heterocycles. The molecule has 0 bridgehead atoms. The molecule has 0 atom stereocenters. The molecule has 142 valence electrons. The highest BCUT2D eigenvalue weighted by atomic mass is 127. The first-order chi connectivity index (χ1) is 10.8. The van der Waals surface area contributed by atoms with Gasteiger partial charge in [0.25, 0.3) is 0 Å². The Bertz CT molecular complexity index is 387. The predicted molar refractivity (Wildman–Crippen MR) is 112 cm³/mol. The minimum Gasteiger partial charge on any atom is -0.357 e. The van der Waals surface area contributed by atoms with Gasteiger partial charge in [-0.25, -0.2) is 4.99 Å². The molecule has 0 radical (unpaired) electrons. The Morgan fingerprint density at radius 3 is 2.38 bits per heavy atom. The molecule has 3 N–H and O–H groups in total. The molecule has 0 aromatic carbocycles. The SMILES string of the molecule is CCNC(=NCC(=O)NC(C)(C)C)NCCC1CCN(C)CC1.I. The van der Waals surface area contributed by atoms with Gasteiger partial charge in [-0.3, -0.25) is 4.79 Å². The Balaban J connectivity index is 0.00000529. The van der Waals surface area contributed by atoms with Gasteiger partial charge in [0.1, 0.15) is 6.54 Å². The summed E-state index contributed by atoms with van der Waals surface area (Å²) in [5.41, 5.74) is -0.216. The average molecular weight is 453 g/mol. The number of amides is 1. The topological polar surface area (TPSA) is 68.8 Å². The number of piperidine rings is 1. The second-order valence-electron chi connectivity index (χ2n) is 7.46.